The molecule has 0 unspecified atom stereocenters. The van der Waals surface area contributed by atoms with Gasteiger partial charge in [-0.15, -0.1) is 0 Å². The summed E-state index contributed by atoms with van der Waals surface area (Å²) in [7, 11) is 0. The minimum absolute atomic E-state index is 0.000478. The topological polar surface area (TPSA) is 46.6 Å². The molecule has 4 nitrogen and oxygen atoms in total. The van der Waals surface area contributed by atoms with Gasteiger partial charge in [0.2, 0.25) is 0 Å². The van der Waals surface area contributed by atoms with E-state index in [2.05, 4.69) is 22.0 Å². The number of rotatable bonds is 3. The minimum Gasteiger partial charge on any atom is -0.465 e. The molecule has 1 aromatic carbocycles. The van der Waals surface area contributed by atoms with Crippen LogP contribution in [-0.4, -0.2) is 36.5 Å². The number of nitrogens with zero attached hydrogens (tertiary/aromatic N) is 1. The van der Waals surface area contributed by atoms with Crippen LogP contribution in [0, 0.1) is 0 Å². The Kier molecular flexibility index (Phi) is 4.26. The molecule has 1 aliphatic heterocycles. The van der Waals surface area contributed by atoms with Gasteiger partial charge in [-0.05, 0) is 43.5 Å². The van der Waals surface area contributed by atoms with E-state index in [9.17, 15) is 9.59 Å². The van der Waals surface area contributed by atoms with Gasteiger partial charge in [0.05, 0.1) is 6.61 Å². The summed E-state index contributed by atoms with van der Waals surface area (Å²) in [5, 5.41) is 0. The number of carbonyl (C=O) groups is 2. The maximum atomic E-state index is 12.7. The Morgan fingerprint density at radius 1 is 1.36 bits per heavy atom. The van der Waals surface area contributed by atoms with Crippen molar-refractivity contribution in [2.45, 2.75) is 38.0 Å². The van der Waals surface area contributed by atoms with E-state index in [1.54, 1.807) is 11.8 Å². The molecular weight excluding hydrogens is 346 g/mol. The molecule has 118 valence electrons. The summed E-state index contributed by atoms with van der Waals surface area (Å²) in [6.07, 6.45) is 4.49. The van der Waals surface area contributed by atoms with Crippen LogP contribution in [-0.2, 0) is 14.9 Å². The molecule has 1 aliphatic carbocycles. The molecule has 1 amide bonds. The number of carbonyl (C=O) groups excluding carboxylic acids is 2. The van der Waals surface area contributed by atoms with Crippen LogP contribution in [0.3, 0.4) is 0 Å². The van der Waals surface area contributed by atoms with Crippen LogP contribution < -0.4 is 0 Å². The third-order valence-corrected chi connectivity index (χ3v) is 5.24. The molecule has 22 heavy (non-hydrogen) atoms. The first kappa shape index (κ1) is 15.5. The van der Waals surface area contributed by atoms with Gasteiger partial charge in [-0.25, -0.2) is 0 Å². The average molecular weight is 366 g/mol. The maximum absolute atomic E-state index is 12.7. The van der Waals surface area contributed by atoms with Gasteiger partial charge < -0.3 is 9.64 Å². The Bertz CT molecular complexity index is 608. The van der Waals surface area contributed by atoms with E-state index < -0.39 is 0 Å². The summed E-state index contributed by atoms with van der Waals surface area (Å²) in [6.45, 7) is 2.79. The quantitative estimate of drug-likeness (QED) is 0.772. The van der Waals surface area contributed by atoms with Crippen LogP contribution in [0.4, 0.5) is 0 Å². The predicted molar refractivity (Wildman–Crippen MR) is 86.8 cm³/mol. The number of halogens is 1. The van der Waals surface area contributed by atoms with Crippen molar-refractivity contribution in [2.75, 3.05) is 19.7 Å². The van der Waals surface area contributed by atoms with Crippen molar-refractivity contribution in [2.24, 2.45) is 0 Å². The third-order valence-electron chi connectivity index (χ3n) is 4.75. The Labute approximate surface area is 138 Å². The first-order valence-corrected chi connectivity index (χ1v) is 8.60. The largest absolute Gasteiger partial charge is 0.465 e. The molecular formula is C17H20BrNO3. The smallest absolute Gasteiger partial charge is 0.325 e. The normalized spacial score (nSPS) is 19.4. The number of amides is 1. The molecule has 3 rings (SSSR count). The van der Waals surface area contributed by atoms with E-state index in [1.807, 2.05) is 12.1 Å². The zero-order valence-electron chi connectivity index (χ0n) is 12.7. The molecule has 0 saturated heterocycles. The number of fused-ring (bicyclic) bond motifs is 2. The predicted octanol–water partition coefficient (Wildman–Crippen LogP) is 3.28. The summed E-state index contributed by atoms with van der Waals surface area (Å²) in [5.74, 6) is -0.391. The fourth-order valence-electron chi connectivity index (χ4n) is 3.80. The summed E-state index contributed by atoms with van der Waals surface area (Å²) in [4.78, 5) is 26.2. The van der Waals surface area contributed by atoms with Gasteiger partial charge in [-0.1, -0.05) is 28.8 Å². The van der Waals surface area contributed by atoms with Crippen molar-refractivity contribution in [3.05, 3.63) is 33.8 Å². The Morgan fingerprint density at radius 3 is 2.77 bits per heavy atom. The third kappa shape index (κ3) is 2.67. The van der Waals surface area contributed by atoms with Crippen molar-refractivity contribution < 1.29 is 14.3 Å². The Balaban J connectivity index is 1.96. The van der Waals surface area contributed by atoms with E-state index in [4.69, 9.17) is 4.74 Å². The van der Waals surface area contributed by atoms with Crippen molar-refractivity contribution >= 4 is 27.8 Å². The van der Waals surface area contributed by atoms with Crippen molar-refractivity contribution in [1.29, 1.82) is 0 Å². The highest BCUT2D eigenvalue weighted by Crippen LogP contribution is 2.46. The lowest BCUT2D eigenvalue weighted by atomic mass is 9.73. The van der Waals surface area contributed by atoms with Crippen LogP contribution in [0.1, 0.15) is 48.5 Å². The Morgan fingerprint density at radius 2 is 2.09 bits per heavy atom. The van der Waals surface area contributed by atoms with Crippen LogP contribution in [0.25, 0.3) is 0 Å². The molecule has 5 heteroatoms. The fourth-order valence-corrected chi connectivity index (χ4v) is 4.16. The number of hydrogen-bond acceptors (Lipinski definition) is 3. The van der Waals surface area contributed by atoms with Crippen LogP contribution in [0.15, 0.2) is 22.7 Å². The van der Waals surface area contributed by atoms with E-state index >= 15 is 0 Å². The molecule has 1 aromatic rings. The molecule has 0 atom stereocenters. The van der Waals surface area contributed by atoms with Gasteiger partial charge in [0.25, 0.3) is 5.91 Å². The van der Waals surface area contributed by atoms with E-state index in [0.717, 1.165) is 28.4 Å². The Hall–Kier alpha value is -1.36. The highest BCUT2D eigenvalue weighted by atomic mass is 79.9. The van der Waals surface area contributed by atoms with Crippen molar-refractivity contribution in [1.82, 2.24) is 4.90 Å². The van der Waals surface area contributed by atoms with E-state index in [0.29, 0.717) is 13.2 Å². The molecule has 2 aliphatic rings. The van der Waals surface area contributed by atoms with Gasteiger partial charge >= 0.3 is 5.97 Å². The van der Waals surface area contributed by atoms with Crippen LogP contribution >= 0.6 is 15.9 Å². The van der Waals surface area contributed by atoms with Gasteiger partial charge in [0.1, 0.15) is 6.54 Å². The van der Waals surface area contributed by atoms with Gasteiger partial charge in [0, 0.05) is 22.0 Å². The second kappa shape index (κ2) is 6.03. The highest BCUT2D eigenvalue weighted by molar-refractivity contribution is 9.10. The molecule has 1 saturated carbocycles. The zero-order chi connectivity index (χ0) is 15.7. The highest BCUT2D eigenvalue weighted by Gasteiger charge is 2.45. The fraction of sp³-hybridized carbons (Fsp3) is 0.529. The number of ether oxygens (including phenoxy) is 1. The molecule has 0 radical (unpaired) electrons. The monoisotopic (exact) mass is 365 g/mol. The van der Waals surface area contributed by atoms with E-state index in [-0.39, 0.29) is 23.8 Å². The average Bonchev–Trinajstić information content (AvgIpc) is 2.94. The summed E-state index contributed by atoms with van der Waals surface area (Å²) in [6, 6.07) is 5.85. The first-order valence-electron chi connectivity index (χ1n) is 7.81. The first-order chi connectivity index (χ1) is 10.6. The van der Waals surface area contributed by atoms with Gasteiger partial charge in [0.15, 0.2) is 0 Å². The van der Waals surface area contributed by atoms with Gasteiger partial charge in [-0.2, -0.15) is 0 Å². The second-order valence-electron chi connectivity index (χ2n) is 6.14. The van der Waals surface area contributed by atoms with E-state index in [1.165, 1.54) is 12.8 Å². The molecule has 0 N–H and O–H groups in total. The lowest BCUT2D eigenvalue weighted by molar-refractivity contribution is -0.144. The van der Waals surface area contributed by atoms with Gasteiger partial charge in [-0.3, -0.25) is 9.59 Å². The number of hydrogen-bond donors (Lipinski definition) is 0. The number of benzene rings is 1. The second-order valence-corrected chi connectivity index (χ2v) is 7.06. The summed E-state index contributed by atoms with van der Waals surface area (Å²) >= 11 is 3.52. The van der Waals surface area contributed by atoms with Crippen molar-refractivity contribution in [3.8, 4) is 0 Å². The summed E-state index contributed by atoms with van der Waals surface area (Å²) < 4.78 is 6.01. The lowest BCUT2D eigenvalue weighted by Gasteiger charge is -2.41. The number of esters is 1. The summed E-state index contributed by atoms with van der Waals surface area (Å²) in [5.41, 5.74) is 1.88. The lowest BCUT2D eigenvalue weighted by Crippen LogP contribution is -2.50. The standard InChI is InChI=1S/C17H20BrNO3/c1-2-22-15(20)10-19-11-17(7-3-4-8-17)14-9-12(18)5-6-13(14)16(19)21/h5-6,9H,2-4,7-8,10-11H2,1H3. The molecule has 0 aromatic heterocycles. The molecule has 1 heterocycles. The van der Waals surface area contributed by atoms with Crippen LogP contribution in [0.2, 0.25) is 0 Å². The SMILES string of the molecule is CCOC(=O)CN1CC2(CCCC2)c2cc(Br)ccc2C1=O. The maximum Gasteiger partial charge on any atom is 0.325 e. The molecule has 1 fully saturated rings. The zero-order valence-corrected chi connectivity index (χ0v) is 14.3. The molecule has 0 bridgehead atoms. The van der Waals surface area contributed by atoms with Crippen molar-refractivity contribution in [3.63, 3.8) is 0 Å². The molecule has 1 spiro atoms. The van der Waals surface area contributed by atoms with Crippen LogP contribution in [0.5, 0.6) is 0 Å². The minimum atomic E-state index is -0.329.